The zero-order valence-corrected chi connectivity index (χ0v) is 19.5. The zero-order valence-electron chi connectivity index (χ0n) is 18.7. The van der Waals surface area contributed by atoms with E-state index >= 15 is 0 Å². The second-order valence-corrected chi connectivity index (χ2v) is 11.3. The van der Waals surface area contributed by atoms with E-state index in [1.165, 1.54) is 64.9 Å². The van der Waals surface area contributed by atoms with Crippen LogP contribution in [-0.4, -0.2) is 64.9 Å². The summed E-state index contributed by atoms with van der Waals surface area (Å²) in [5.41, 5.74) is 0.219. The second kappa shape index (κ2) is 8.98. The third-order valence-electron chi connectivity index (χ3n) is 7.37. The highest BCUT2D eigenvalue weighted by molar-refractivity contribution is 7.90. The van der Waals surface area contributed by atoms with E-state index in [1.807, 2.05) is 0 Å². The summed E-state index contributed by atoms with van der Waals surface area (Å²) in [6.07, 6.45) is 10.1. The maximum atomic E-state index is 13.1. The van der Waals surface area contributed by atoms with Gasteiger partial charge in [-0.05, 0) is 50.0 Å². The molecular weight excluding hydrogens is 416 g/mol. The van der Waals surface area contributed by atoms with Gasteiger partial charge in [0.25, 0.3) is 5.91 Å². The van der Waals surface area contributed by atoms with E-state index in [-0.39, 0.29) is 28.2 Å². The summed E-state index contributed by atoms with van der Waals surface area (Å²) in [6, 6.07) is 3.55. The van der Waals surface area contributed by atoms with Gasteiger partial charge in [0.2, 0.25) is 0 Å². The molecule has 3 aliphatic rings. The van der Waals surface area contributed by atoms with Crippen LogP contribution in [0.4, 0.5) is 0 Å². The summed E-state index contributed by atoms with van der Waals surface area (Å²) in [4.78, 5) is 15.7. The van der Waals surface area contributed by atoms with Crippen LogP contribution in [0.15, 0.2) is 17.0 Å². The number of benzene rings is 1. The van der Waals surface area contributed by atoms with Crippen molar-refractivity contribution in [1.29, 1.82) is 0 Å². The molecular formula is C23H34N2O5S. The molecule has 7 nitrogen and oxygen atoms in total. The lowest BCUT2D eigenvalue weighted by Crippen LogP contribution is -2.50. The van der Waals surface area contributed by atoms with Crippen molar-refractivity contribution in [3.8, 4) is 11.5 Å². The molecule has 2 aliphatic carbocycles. The molecule has 8 heteroatoms. The number of nitrogens with zero attached hydrogens (tertiary/aromatic N) is 1. The van der Waals surface area contributed by atoms with E-state index < -0.39 is 9.84 Å². The number of carbonyl (C=O) groups is 1. The Bertz CT molecular complexity index is 910. The predicted octanol–water partition coefficient (Wildman–Crippen LogP) is 2.88. The van der Waals surface area contributed by atoms with Gasteiger partial charge in [0, 0.05) is 37.5 Å². The van der Waals surface area contributed by atoms with Crippen LogP contribution < -0.4 is 14.8 Å². The van der Waals surface area contributed by atoms with Gasteiger partial charge in [-0.2, -0.15) is 0 Å². The van der Waals surface area contributed by atoms with Crippen LogP contribution in [0.25, 0.3) is 0 Å². The van der Waals surface area contributed by atoms with E-state index in [4.69, 9.17) is 9.47 Å². The van der Waals surface area contributed by atoms with Crippen LogP contribution >= 0.6 is 0 Å². The molecule has 2 saturated carbocycles. The number of methoxy groups -OCH3 is 2. The maximum absolute atomic E-state index is 13.1. The maximum Gasteiger partial charge on any atom is 0.255 e. The third kappa shape index (κ3) is 4.55. The smallest absolute Gasteiger partial charge is 0.255 e. The van der Waals surface area contributed by atoms with Crippen molar-refractivity contribution in [2.24, 2.45) is 11.8 Å². The number of nitrogens with one attached hydrogen (secondary N) is 1. The quantitative estimate of drug-likeness (QED) is 0.717. The molecule has 172 valence electrons. The lowest BCUT2D eigenvalue weighted by molar-refractivity contribution is 0.0346. The lowest BCUT2D eigenvalue weighted by atomic mass is 9.68. The molecule has 1 amide bonds. The fourth-order valence-electron chi connectivity index (χ4n) is 6.01. The van der Waals surface area contributed by atoms with Crippen LogP contribution in [0.5, 0.6) is 11.5 Å². The Labute approximate surface area is 185 Å². The predicted molar refractivity (Wildman–Crippen MR) is 119 cm³/mol. The van der Waals surface area contributed by atoms with Gasteiger partial charge in [-0.1, -0.05) is 12.8 Å². The summed E-state index contributed by atoms with van der Waals surface area (Å²) >= 11 is 0. The van der Waals surface area contributed by atoms with Crippen LogP contribution in [0.1, 0.15) is 55.3 Å². The average Bonchev–Trinajstić information content (AvgIpc) is 3.19. The molecule has 1 heterocycles. The van der Waals surface area contributed by atoms with E-state index in [0.29, 0.717) is 11.8 Å². The molecule has 1 atom stereocenters. The first-order valence-electron chi connectivity index (χ1n) is 11.3. The van der Waals surface area contributed by atoms with Crippen LogP contribution in [-0.2, 0) is 9.84 Å². The van der Waals surface area contributed by atoms with Crippen molar-refractivity contribution in [2.45, 2.75) is 61.9 Å². The highest BCUT2D eigenvalue weighted by Gasteiger charge is 2.42. The number of rotatable bonds is 6. The van der Waals surface area contributed by atoms with Gasteiger partial charge in [0.1, 0.15) is 16.4 Å². The summed E-state index contributed by atoms with van der Waals surface area (Å²) in [6.45, 7) is 1.87. The van der Waals surface area contributed by atoms with E-state index in [0.717, 1.165) is 37.6 Å². The molecule has 2 bridgehead atoms. The molecule has 1 aliphatic heterocycles. The SMILES string of the molecule is COc1cc(OC)c(S(C)(=O)=O)cc1C(=O)NC1CCN(C2C3CCCC2CCC3)C1. The molecule has 0 radical (unpaired) electrons. The number of hydrogen-bond donors (Lipinski definition) is 1. The Morgan fingerprint density at radius 1 is 1.00 bits per heavy atom. The van der Waals surface area contributed by atoms with Gasteiger partial charge in [-0.3, -0.25) is 9.69 Å². The lowest BCUT2D eigenvalue weighted by Gasteiger charge is -2.47. The van der Waals surface area contributed by atoms with Gasteiger partial charge in [-0.25, -0.2) is 8.42 Å². The first kappa shape index (κ1) is 22.4. The summed E-state index contributed by atoms with van der Waals surface area (Å²) in [5.74, 6) is 1.78. The van der Waals surface area contributed by atoms with Crippen molar-refractivity contribution in [1.82, 2.24) is 10.2 Å². The summed E-state index contributed by atoms with van der Waals surface area (Å²) < 4.78 is 34.9. The second-order valence-electron chi connectivity index (χ2n) is 9.30. The van der Waals surface area contributed by atoms with Gasteiger partial charge >= 0.3 is 0 Å². The molecule has 1 saturated heterocycles. The fraction of sp³-hybridized carbons (Fsp3) is 0.696. The molecule has 1 aromatic rings. The van der Waals surface area contributed by atoms with E-state index in [1.54, 1.807) is 0 Å². The minimum absolute atomic E-state index is 0.0102. The molecule has 31 heavy (non-hydrogen) atoms. The van der Waals surface area contributed by atoms with Crippen LogP contribution in [0.3, 0.4) is 0 Å². The fourth-order valence-corrected chi connectivity index (χ4v) is 6.85. The Morgan fingerprint density at radius 2 is 1.61 bits per heavy atom. The monoisotopic (exact) mass is 450 g/mol. The molecule has 4 rings (SSSR count). The molecule has 0 aromatic heterocycles. The van der Waals surface area contributed by atoms with E-state index in [2.05, 4.69) is 10.2 Å². The Hall–Kier alpha value is -1.80. The number of carbonyl (C=O) groups excluding carboxylic acids is 1. The minimum Gasteiger partial charge on any atom is -0.496 e. The molecule has 1 aromatic carbocycles. The van der Waals surface area contributed by atoms with Gasteiger partial charge < -0.3 is 14.8 Å². The first-order valence-corrected chi connectivity index (χ1v) is 13.2. The topological polar surface area (TPSA) is 84.9 Å². The zero-order chi connectivity index (χ0) is 22.2. The van der Waals surface area contributed by atoms with Crippen molar-refractivity contribution < 1.29 is 22.7 Å². The van der Waals surface area contributed by atoms with Crippen LogP contribution in [0, 0.1) is 11.8 Å². The Kier molecular flexibility index (Phi) is 6.49. The average molecular weight is 451 g/mol. The van der Waals surface area contributed by atoms with Crippen molar-refractivity contribution in [3.05, 3.63) is 17.7 Å². The summed E-state index contributed by atoms with van der Waals surface area (Å²) in [5, 5.41) is 3.12. The number of sulfone groups is 1. The van der Waals surface area contributed by atoms with Gasteiger partial charge in [0.05, 0.1) is 19.8 Å². The number of ether oxygens (including phenoxy) is 2. The number of likely N-dealkylation sites (tertiary alicyclic amines) is 1. The Morgan fingerprint density at radius 3 is 2.16 bits per heavy atom. The largest absolute Gasteiger partial charge is 0.496 e. The number of amides is 1. The molecule has 0 spiro atoms. The highest BCUT2D eigenvalue weighted by atomic mass is 32.2. The third-order valence-corrected chi connectivity index (χ3v) is 8.49. The van der Waals surface area contributed by atoms with Crippen molar-refractivity contribution in [2.75, 3.05) is 33.6 Å². The standard InChI is InChI=1S/C23H34N2O5S/c1-29-19-13-20(30-2)21(31(3,27)28)12-18(19)23(26)24-17-10-11-25(14-17)22-15-6-4-7-16(22)9-5-8-15/h12-13,15-17,22H,4-11,14H2,1-3H3,(H,24,26). The van der Waals surface area contributed by atoms with Crippen LogP contribution in [0.2, 0.25) is 0 Å². The van der Waals surface area contributed by atoms with Gasteiger partial charge in [-0.15, -0.1) is 0 Å². The Balaban J connectivity index is 1.49. The van der Waals surface area contributed by atoms with Gasteiger partial charge in [0.15, 0.2) is 9.84 Å². The highest BCUT2D eigenvalue weighted by Crippen LogP contribution is 2.43. The van der Waals surface area contributed by atoms with E-state index in [9.17, 15) is 13.2 Å². The van der Waals surface area contributed by atoms with Crippen molar-refractivity contribution >= 4 is 15.7 Å². The summed E-state index contributed by atoms with van der Waals surface area (Å²) in [7, 11) is -0.692. The minimum atomic E-state index is -3.55. The number of fused-ring (bicyclic) bond motifs is 2. The normalized spacial score (nSPS) is 28.9. The van der Waals surface area contributed by atoms with Crippen molar-refractivity contribution in [3.63, 3.8) is 0 Å². The molecule has 1 unspecified atom stereocenters. The first-order chi connectivity index (χ1) is 14.8. The molecule has 3 fully saturated rings. The number of hydrogen-bond acceptors (Lipinski definition) is 6. The molecule has 1 N–H and O–H groups in total.